The minimum absolute atomic E-state index is 0.488. The first-order valence-corrected chi connectivity index (χ1v) is 5.14. The molecule has 2 rings (SSSR count). The lowest BCUT2D eigenvalue weighted by Gasteiger charge is -2.10. The number of hydrogen-bond acceptors (Lipinski definition) is 2. The van der Waals surface area contributed by atoms with Crippen LogP contribution in [0.1, 0.15) is 25.3 Å². The predicted molar refractivity (Wildman–Crippen MR) is 61.6 cm³/mol. The van der Waals surface area contributed by atoms with Crippen LogP contribution in [-0.2, 0) is 0 Å². The fourth-order valence-corrected chi connectivity index (χ4v) is 1.63. The van der Waals surface area contributed by atoms with Gasteiger partial charge in [-0.15, -0.1) is 0 Å². The molecule has 2 heteroatoms. The third kappa shape index (κ3) is 2.04. The Hall–Kier alpha value is -1.70. The first-order valence-electron chi connectivity index (χ1n) is 5.14. The summed E-state index contributed by atoms with van der Waals surface area (Å²) in [7, 11) is 0. The molecule has 0 fully saturated rings. The van der Waals surface area contributed by atoms with Crippen LogP contribution in [0.5, 0.6) is 0 Å². The first-order chi connectivity index (χ1) is 7.29. The van der Waals surface area contributed by atoms with Crippen LogP contribution in [0.4, 0.5) is 0 Å². The molecule has 15 heavy (non-hydrogen) atoms. The molecular formula is C13H14N2. The van der Waals surface area contributed by atoms with Gasteiger partial charge >= 0.3 is 0 Å². The Morgan fingerprint density at radius 3 is 2.40 bits per heavy atom. The zero-order chi connectivity index (χ0) is 10.7. The summed E-state index contributed by atoms with van der Waals surface area (Å²) in [5.41, 5.74) is 3.48. The second-order valence-corrected chi connectivity index (χ2v) is 3.83. The molecule has 2 aromatic rings. The summed E-state index contributed by atoms with van der Waals surface area (Å²) in [6.07, 6.45) is 5.43. The molecule has 0 aromatic carbocycles. The van der Waals surface area contributed by atoms with Crippen molar-refractivity contribution < 1.29 is 0 Å². The fraction of sp³-hybridized carbons (Fsp3) is 0.231. The van der Waals surface area contributed by atoms with Crippen LogP contribution < -0.4 is 0 Å². The van der Waals surface area contributed by atoms with E-state index in [0.29, 0.717) is 5.92 Å². The van der Waals surface area contributed by atoms with Crippen LogP contribution >= 0.6 is 0 Å². The van der Waals surface area contributed by atoms with Gasteiger partial charge in [0, 0.05) is 24.2 Å². The molecular weight excluding hydrogens is 184 g/mol. The average molecular weight is 198 g/mol. The number of aromatic nitrogens is 2. The van der Waals surface area contributed by atoms with E-state index >= 15 is 0 Å². The Morgan fingerprint density at radius 2 is 1.73 bits per heavy atom. The lowest BCUT2D eigenvalue weighted by atomic mass is 9.98. The van der Waals surface area contributed by atoms with Crippen molar-refractivity contribution in [1.29, 1.82) is 0 Å². The van der Waals surface area contributed by atoms with Crippen molar-refractivity contribution in [1.82, 2.24) is 9.97 Å². The second-order valence-electron chi connectivity index (χ2n) is 3.83. The standard InChI is InChI=1S/C13H14N2/c1-10(2)12-4-3-7-15-13(12)11-5-8-14-9-6-11/h3-10H,1-2H3. The molecule has 0 saturated carbocycles. The highest BCUT2D eigenvalue weighted by Crippen LogP contribution is 2.25. The van der Waals surface area contributed by atoms with Gasteiger partial charge in [-0.3, -0.25) is 9.97 Å². The molecule has 0 aliphatic carbocycles. The summed E-state index contributed by atoms with van der Waals surface area (Å²) in [5, 5.41) is 0. The zero-order valence-corrected chi connectivity index (χ0v) is 9.01. The second kappa shape index (κ2) is 4.22. The maximum Gasteiger partial charge on any atom is 0.0737 e. The predicted octanol–water partition coefficient (Wildman–Crippen LogP) is 3.27. The topological polar surface area (TPSA) is 25.8 Å². The Morgan fingerprint density at radius 1 is 1.00 bits per heavy atom. The normalized spacial score (nSPS) is 10.6. The quantitative estimate of drug-likeness (QED) is 0.740. The highest BCUT2D eigenvalue weighted by atomic mass is 14.7. The minimum Gasteiger partial charge on any atom is -0.265 e. The smallest absolute Gasteiger partial charge is 0.0737 e. The van der Waals surface area contributed by atoms with Crippen LogP contribution in [0, 0.1) is 0 Å². The Kier molecular flexibility index (Phi) is 2.77. The first kappa shape index (κ1) is 9.84. The number of pyridine rings is 2. The van der Waals surface area contributed by atoms with E-state index in [9.17, 15) is 0 Å². The van der Waals surface area contributed by atoms with Crippen molar-refractivity contribution >= 4 is 0 Å². The fourth-order valence-electron chi connectivity index (χ4n) is 1.63. The van der Waals surface area contributed by atoms with Crippen LogP contribution in [-0.4, -0.2) is 9.97 Å². The van der Waals surface area contributed by atoms with Gasteiger partial charge < -0.3 is 0 Å². The molecule has 0 saturated heterocycles. The number of hydrogen-bond donors (Lipinski definition) is 0. The average Bonchev–Trinajstić information content (AvgIpc) is 2.30. The molecule has 76 valence electrons. The maximum absolute atomic E-state index is 4.44. The largest absolute Gasteiger partial charge is 0.265 e. The lowest BCUT2D eigenvalue weighted by molar-refractivity contribution is 0.861. The molecule has 0 spiro atoms. The Bertz CT molecular complexity index is 435. The number of rotatable bonds is 2. The van der Waals surface area contributed by atoms with Crippen molar-refractivity contribution in [3.05, 3.63) is 48.4 Å². The molecule has 2 aromatic heterocycles. The van der Waals surface area contributed by atoms with Gasteiger partial charge in [0.1, 0.15) is 0 Å². The monoisotopic (exact) mass is 198 g/mol. The van der Waals surface area contributed by atoms with Gasteiger partial charge in [-0.25, -0.2) is 0 Å². The van der Waals surface area contributed by atoms with E-state index in [-0.39, 0.29) is 0 Å². The molecule has 0 aliphatic heterocycles. The zero-order valence-electron chi connectivity index (χ0n) is 9.01. The summed E-state index contributed by atoms with van der Waals surface area (Å²) < 4.78 is 0. The SMILES string of the molecule is CC(C)c1cccnc1-c1ccncc1. The highest BCUT2D eigenvalue weighted by Gasteiger charge is 2.08. The third-order valence-corrected chi connectivity index (χ3v) is 2.41. The van der Waals surface area contributed by atoms with Gasteiger partial charge in [-0.1, -0.05) is 19.9 Å². The molecule has 0 amide bonds. The molecule has 0 bridgehead atoms. The van der Waals surface area contributed by atoms with Crippen LogP contribution in [0.3, 0.4) is 0 Å². The van der Waals surface area contributed by atoms with Crippen molar-refractivity contribution in [2.75, 3.05) is 0 Å². The van der Waals surface area contributed by atoms with Crippen LogP contribution in [0.15, 0.2) is 42.9 Å². The van der Waals surface area contributed by atoms with E-state index in [0.717, 1.165) is 11.3 Å². The number of nitrogens with zero attached hydrogens (tertiary/aromatic N) is 2. The van der Waals surface area contributed by atoms with Crippen molar-refractivity contribution in [2.24, 2.45) is 0 Å². The molecule has 0 atom stereocenters. The molecule has 0 N–H and O–H groups in total. The van der Waals surface area contributed by atoms with Crippen molar-refractivity contribution in [3.8, 4) is 11.3 Å². The van der Waals surface area contributed by atoms with Crippen molar-refractivity contribution in [3.63, 3.8) is 0 Å². The molecule has 0 unspecified atom stereocenters. The van der Waals surface area contributed by atoms with E-state index in [2.05, 4.69) is 29.9 Å². The lowest BCUT2D eigenvalue weighted by Crippen LogP contribution is -1.94. The van der Waals surface area contributed by atoms with E-state index in [4.69, 9.17) is 0 Å². The Balaban J connectivity index is 2.53. The maximum atomic E-state index is 4.44. The summed E-state index contributed by atoms with van der Waals surface area (Å²) in [4.78, 5) is 8.46. The summed E-state index contributed by atoms with van der Waals surface area (Å²) in [6, 6.07) is 8.11. The van der Waals surface area contributed by atoms with E-state index in [1.54, 1.807) is 12.4 Å². The summed E-state index contributed by atoms with van der Waals surface area (Å²) in [5.74, 6) is 0.488. The van der Waals surface area contributed by atoms with E-state index in [1.807, 2.05) is 24.4 Å². The molecule has 2 heterocycles. The summed E-state index contributed by atoms with van der Waals surface area (Å²) in [6.45, 7) is 4.36. The minimum atomic E-state index is 0.488. The van der Waals surface area contributed by atoms with E-state index < -0.39 is 0 Å². The summed E-state index contributed by atoms with van der Waals surface area (Å²) >= 11 is 0. The highest BCUT2D eigenvalue weighted by molar-refractivity contribution is 5.62. The van der Waals surface area contributed by atoms with Gasteiger partial charge in [-0.2, -0.15) is 0 Å². The Labute approximate surface area is 90.0 Å². The van der Waals surface area contributed by atoms with Gasteiger partial charge in [-0.05, 0) is 29.7 Å². The van der Waals surface area contributed by atoms with Crippen molar-refractivity contribution in [2.45, 2.75) is 19.8 Å². The molecule has 2 nitrogen and oxygen atoms in total. The van der Waals surface area contributed by atoms with Gasteiger partial charge in [0.15, 0.2) is 0 Å². The molecule has 0 aliphatic rings. The van der Waals surface area contributed by atoms with Crippen LogP contribution in [0.25, 0.3) is 11.3 Å². The van der Waals surface area contributed by atoms with Crippen LogP contribution in [0.2, 0.25) is 0 Å². The third-order valence-electron chi connectivity index (χ3n) is 2.41. The van der Waals surface area contributed by atoms with Gasteiger partial charge in [0.2, 0.25) is 0 Å². The van der Waals surface area contributed by atoms with Gasteiger partial charge in [0.05, 0.1) is 5.69 Å². The molecule has 0 radical (unpaired) electrons. The van der Waals surface area contributed by atoms with E-state index in [1.165, 1.54) is 5.56 Å². The van der Waals surface area contributed by atoms with Gasteiger partial charge in [0.25, 0.3) is 0 Å².